The molecule has 1 aliphatic rings. The van der Waals surface area contributed by atoms with Gasteiger partial charge >= 0.3 is 0 Å². The fourth-order valence-corrected chi connectivity index (χ4v) is 2.54. The molecule has 0 spiro atoms. The van der Waals surface area contributed by atoms with Crippen LogP contribution in [0.3, 0.4) is 0 Å². The van der Waals surface area contributed by atoms with E-state index in [9.17, 15) is 8.78 Å². The van der Waals surface area contributed by atoms with Crippen LogP contribution in [-0.2, 0) is 0 Å². The van der Waals surface area contributed by atoms with Gasteiger partial charge in [0, 0.05) is 12.8 Å². The maximum absolute atomic E-state index is 13.3. The van der Waals surface area contributed by atoms with Crippen LogP contribution >= 0.6 is 0 Å². The molecule has 2 nitrogen and oxygen atoms in total. The fourth-order valence-electron chi connectivity index (χ4n) is 2.54. The van der Waals surface area contributed by atoms with E-state index in [0.717, 1.165) is 18.7 Å². The topological polar surface area (TPSA) is 25.2 Å². The Bertz CT molecular complexity index is 337. The zero-order valence-electron chi connectivity index (χ0n) is 10.1. The first-order chi connectivity index (χ1) is 8.12. The van der Waals surface area contributed by atoms with Crippen molar-refractivity contribution in [1.29, 1.82) is 0 Å². The molecule has 1 N–H and O–H groups in total. The van der Waals surface area contributed by atoms with Gasteiger partial charge in [-0.2, -0.15) is 0 Å². The fraction of sp³-hybridized carbons (Fsp3) is 0.692. The van der Waals surface area contributed by atoms with Crippen LogP contribution in [0, 0.1) is 5.92 Å². The number of hydrogen-bond donors (Lipinski definition) is 1. The van der Waals surface area contributed by atoms with Crippen LogP contribution in [0.25, 0.3) is 0 Å². The minimum absolute atomic E-state index is 0.00266. The summed E-state index contributed by atoms with van der Waals surface area (Å²) in [5.74, 6) is -1.74. The summed E-state index contributed by atoms with van der Waals surface area (Å²) in [5.41, 5.74) is 0. The van der Waals surface area contributed by atoms with Crippen molar-refractivity contribution in [3.05, 3.63) is 24.2 Å². The van der Waals surface area contributed by atoms with Crippen molar-refractivity contribution in [2.75, 3.05) is 6.54 Å². The minimum Gasteiger partial charge on any atom is -0.468 e. The highest BCUT2D eigenvalue weighted by molar-refractivity contribution is 5.07. The van der Waals surface area contributed by atoms with Crippen molar-refractivity contribution >= 4 is 0 Å². The quantitative estimate of drug-likeness (QED) is 0.851. The van der Waals surface area contributed by atoms with E-state index in [0.29, 0.717) is 6.42 Å². The third kappa shape index (κ3) is 3.06. The molecular weight excluding hydrogens is 224 g/mol. The normalized spacial score (nSPS) is 25.0. The molecule has 2 unspecified atom stereocenters. The predicted octanol–water partition coefficient (Wildman–Crippen LogP) is 3.76. The van der Waals surface area contributed by atoms with E-state index in [1.807, 2.05) is 12.1 Å². The summed E-state index contributed by atoms with van der Waals surface area (Å²) in [6, 6.07) is 3.60. The van der Waals surface area contributed by atoms with E-state index in [-0.39, 0.29) is 24.8 Å². The molecule has 96 valence electrons. The molecule has 1 saturated carbocycles. The molecule has 1 fully saturated rings. The maximum Gasteiger partial charge on any atom is 0.248 e. The minimum atomic E-state index is -2.50. The van der Waals surface area contributed by atoms with Crippen molar-refractivity contribution in [1.82, 2.24) is 5.32 Å². The first kappa shape index (κ1) is 12.6. The Hall–Kier alpha value is -0.900. The van der Waals surface area contributed by atoms with Gasteiger partial charge in [-0.1, -0.05) is 6.92 Å². The summed E-state index contributed by atoms with van der Waals surface area (Å²) in [6.45, 7) is 2.89. The zero-order valence-corrected chi connectivity index (χ0v) is 10.1. The molecule has 0 aliphatic heterocycles. The summed E-state index contributed by atoms with van der Waals surface area (Å²) in [4.78, 5) is 0. The van der Waals surface area contributed by atoms with Crippen molar-refractivity contribution in [2.24, 2.45) is 5.92 Å². The Balaban J connectivity index is 2.06. The Labute approximate surface area is 100 Å². The Morgan fingerprint density at radius 2 is 2.41 bits per heavy atom. The first-order valence-corrected chi connectivity index (χ1v) is 6.27. The van der Waals surface area contributed by atoms with Crippen molar-refractivity contribution < 1.29 is 13.2 Å². The highest BCUT2D eigenvalue weighted by atomic mass is 19.3. The number of rotatable bonds is 5. The summed E-state index contributed by atoms with van der Waals surface area (Å²) in [7, 11) is 0. The van der Waals surface area contributed by atoms with Gasteiger partial charge in [0.1, 0.15) is 5.76 Å². The van der Waals surface area contributed by atoms with Gasteiger partial charge in [0.15, 0.2) is 0 Å². The molecule has 2 atom stereocenters. The molecule has 1 heterocycles. The van der Waals surface area contributed by atoms with Gasteiger partial charge in [-0.15, -0.1) is 0 Å². The van der Waals surface area contributed by atoms with Crippen LogP contribution in [-0.4, -0.2) is 12.5 Å². The average molecular weight is 243 g/mol. The molecule has 0 aromatic carbocycles. The van der Waals surface area contributed by atoms with Crippen LogP contribution in [0.2, 0.25) is 0 Å². The van der Waals surface area contributed by atoms with Crippen LogP contribution in [0.4, 0.5) is 8.78 Å². The number of halogens is 2. The smallest absolute Gasteiger partial charge is 0.248 e. The van der Waals surface area contributed by atoms with Gasteiger partial charge in [-0.05, 0) is 37.4 Å². The monoisotopic (exact) mass is 243 g/mol. The summed E-state index contributed by atoms with van der Waals surface area (Å²) >= 11 is 0. The van der Waals surface area contributed by atoms with Crippen LogP contribution < -0.4 is 5.32 Å². The van der Waals surface area contributed by atoms with E-state index in [4.69, 9.17) is 4.42 Å². The lowest BCUT2D eigenvalue weighted by molar-refractivity contribution is 0.00290. The summed E-state index contributed by atoms with van der Waals surface area (Å²) < 4.78 is 31.9. The van der Waals surface area contributed by atoms with E-state index in [1.54, 1.807) is 6.26 Å². The Morgan fingerprint density at radius 3 is 2.94 bits per heavy atom. The lowest BCUT2D eigenvalue weighted by Crippen LogP contribution is -2.28. The van der Waals surface area contributed by atoms with Crippen molar-refractivity contribution in [3.63, 3.8) is 0 Å². The van der Waals surface area contributed by atoms with Gasteiger partial charge in [0.05, 0.1) is 12.3 Å². The van der Waals surface area contributed by atoms with E-state index < -0.39 is 5.92 Å². The van der Waals surface area contributed by atoms with E-state index in [2.05, 4.69) is 12.2 Å². The largest absolute Gasteiger partial charge is 0.468 e. The molecule has 2 rings (SSSR count). The second-order valence-corrected chi connectivity index (χ2v) is 4.81. The maximum atomic E-state index is 13.3. The van der Waals surface area contributed by atoms with Gasteiger partial charge in [0.2, 0.25) is 5.92 Å². The lowest BCUT2D eigenvalue weighted by atomic mass is 9.95. The summed E-state index contributed by atoms with van der Waals surface area (Å²) in [5, 5.41) is 3.32. The SMILES string of the molecule is CCCNC(c1ccco1)C1CCC(F)(F)C1. The number of alkyl halides is 2. The first-order valence-electron chi connectivity index (χ1n) is 6.27. The molecule has 0 amide bonds. The second kappa shape index (κ2) is 5.17. The molecule has 0 saturated heterocycles. The molecule has 1 aliphatic carbocycles. The Morgan fingerprint density at radius 1 is 1.59 bits per heavy atom. The third-order valence-corrected chi connectivity index (χ3v) is 3.38. The van der Waals surface area contributed by atoms with Crippen LogP contribution in [0.1, 0.15) is 44.4 Å². The van der Waals surface area contributed by atoms with Crippen molar-refractivity contribution in [2.45, 2.75) is 44.6 Å². The summed E-state index contributed by atoms with van der Waals surface area (Å²) in [6.07, 6.45) is 3.12. The molecule has 4 heteroatoms. The molecule has 0 bridgehead atoms. The number of furan rings is 1. The molecule has 1 aromatic rings. The number of hydrogen-bond acceptors (Lipinski definition) is 2. The van der Waals surface area contributed by atoms with Gasteiger partial charge in [0.25, 0.3) is 0 Å². The lowest BCUT2D eigenvalue weighted by Gasteiger charge is -2.22. The van der Waals surface area contributed by atoms with Crippen LogP contribution in [0.15, 0.2) is 22.8 Å². The molecular formula is C13H19F2NO. The standard InChI is InChI=1S/C13H19F2NO/c1-2-7-16-12(11-4-3-8-17-11)10-5-6-13(14,15)9-10/h3-4,8,10,12,16H,2,5-7,9H2,1H3. The molecule has 0 radical (unpaired) electrons. The Kier molecular flexibility index (Phi) is 3.82. The highest BCUT2D eigenvalue weighted by Crippen LogP contribution is 2.44. The predicted molar refractivity (Wildman–Crippen MR) is 62.0 cm³/mol. The zero-order chi connectivity index (χ0) is 12.3. The van der Waals surface area contributed by atoms with Crippen LogP contribution in [0.5, 0.6) is 0 Å². The number of nitrogens with one attached hydrogen (secondary N) is 1. The van der Waals surface area contributed by atoms with Gasteiger partial charge in [-0.25, -0.2) is 8.78 Å². The van der Waals surface area contributed by atoms with Gasteiger partial charge < -0.3 is 9.73 Å². The van der Waals surface area contributed by atoms with E-state index >= 15 is 0 Å². The second-order valence-electron chi connectivity index (χ2n) is 4.81. The molecule has 1 aromatic heterocycles. The van der Waals surface area contributed by atoms with E-state index in [1.165, 1.54) is 0 Å². The van der Waals surface area contributed by atoms with Crippen molar-refractivity contribution in [3.8, 4) is 0 Å². The third-order valence-electron chi connectivity index (χ3n) is 3.38. The van der Waals surface area contributed by atoms with Gasteiger partial charge in [-0.3, -0.25) is 0 Å². The molecule has 17 heavy (non-hydrogen) atoms. The highest BCUT2D eigenvalue weighted by Gasteiger charge is 2.43. The average Bonchev–Trinajstić information content (AvgIpc) is 2.89.